The van der Waals surface area contributed by atoms with E-state index in [0.29, 0.717) is 11.9 Å². The Kier molecular flexibility index (Phi) is 5.82. The van der Waals surface area contributed by atoms with Gasteiger partial charge in [0.05, 0.1) is 6.04 Å². The van der Waals surface area contributed by atoms with Crippen LogP contribution in [0.25, 0.3) is 0 Å². The van der Waals surface area contributed by atoms with Gasteiger partial charge in [-0.05, 0) is 50.4 Å². The molecule has 3 saturated heterocycles. The third-order valence-electron chi connectivity index (χ3n) is 6.13. The first-order valence-electron chi connectivity index (χ1n) is 10.2. The lowest BCUT2D eigenvalue weighted by atomic mass is 10.0. The molecule has 0 unspecified atom stereocenters. The molecule has 0 bridgehead atoms. The Morgan fingerprint density at radius 2 is 1.96 bits per heavy atom. The van der Waals surface area contributed by atoms with Crippen LogP contribution in [-0.4, -0.2) is 83.5 Å². The highest BCUT2D eigenvalue weighted by Crippen LogP contribution is 2.20. The van der Waals surface area contributed by atoms with Gasteiger partial charge in [-0.25, -0.2) is 0 Å². The number of nitrogens with one attached hydrogen (secondary N) is 1. The molecule has 1 N–H and O–H groups in total. The van der Waals surface area contributed by atoms with Gasteiger partial charge in [-0.3, -0.25) is 19.6 Å². The fraction of sp³-hybridized carbons (Fsp3) is 0.700. The van der Waals surface area contributed by atoms with Gasteiger partial charge in [-0.15, -0.1) is 0 Å². The Morgan fingerprint density at radius 1 is 1.15 bits per heavy atom. The SMILES string of the molecule is O=C([C@@H]1CN(C2CCN(Cc3cccnc3)CC2)CCN1)N1CCCC1. The largest absolute Gasteiger partial charge is 0.341 e. The molecule has 142 valence electrons. The topological polar surface area (TPSA) is 51.7 Å². The van der Waals surface area contributed by atoms with E-state index in [1.807, 2.05) is 18.5 Å². The number of pyridine rings is 1. The van der Waals surface area contributed by atoms with Crippen LogP contribution in [0.15, 0.2) is 24.5 Å². The van der Waals surface area contributed by atoms with Crippen LogP contribution in [0.5, 0.6) is 0 Å². The maximum atomic E-state index is 12.7. The van der Waals surface area contributed by atoms with Crippen molar-refractivity contribution in [2.75, 3.05) is 45.8 Å². The second-order valence-corrected chi connectivity index (χ2v) is 7.90. The standard InChI is InChI=1S/C20H31N5O/c26-20(24-9-1-2-10-24)19-16-25(13-8-22-19)18-5-11-23(12-6-18)15-17-4-3-7-21-14-17/h3-4,7,14,18-19,22H,1-2,5-6,8-13,15-16H2/t19-/m0/s1. The van der Waals surface area contributed by atoms with Crippen LogP contribution < -0.4 is 5.32 Å². The highest BCUT2D eigenvalue weighted by molar-refractivity contribution is 5.82. The second kappa shape index (κ2) is 8.46. The van der Waals surface area contributed by atoms with Crippen LogP contribution >= 0.6 is 0 Å². The maximum absolute atomic E-state index is 12.7. The third-order valence-corrected chi connectivity index (χ3v) is 6.13. The summed E-state index contributed by atoms with van der Waals surface area (Å²) < 4.78 is 0. The molecule has 0 aromatic carbocycles. The summed E-state index contributed by atoms with van der Waals surface area (Å²) in [6.45, 7) is 8.04. The van der Waals surface area contributed by atoms with Gasteiger partial charge in [0, 0.05) is 57.7 Å². The Balaban J connectivity index is 1.26. The van der Waals surface area contributed by atoms with Gasteiger partial charge >= 0.3 is 0 Å². The average Bonchev–Trinajstić information content (AvgIpc) is 3.24. The van der Waals surface area contributed by atoms with E-state index >= 15 is 0 Å². The molecule has 0 saturated carbocycles. The number of hydrogen-bond donors (Lipinski definition) is 1. The van der Waals surface area contributed by atoms with E-state index in [9.17, 15) is 4.79 Å². The van der Waals surface area contributed by atoms with Crippen molar-refractivity contribution in [2.24, 2.45) is 0 Å². The third kappa shape index (κ3) is 4.24. The van der Waals surface area contributed by atoms with Gasteiger partial charge < -0.3 is 10.2 Å². The molecule has 6 heteroatoms. The molecular formula is C20H31N5O. The van der Waals surface area contributed by atoms with Crippen LogP contribution in [-0.2, 0) is 11.3 Å². The number of amides is 1. The number of hydrogen-bond acceptors (Lipinski definition) is 5. The number of nitrogens with zero attached hydrogens (tertiary/aromatic N) is 4. The lowest BCUT2D eigenvalue weighted by molar-refractivity contribution is -0.133. The number of likely N-dealkylation sites (tertiary alicyclic amines) is 2. The fourth-order valence-electron chi connectivity index (χ4n) is 4.62. The maximum Gasteiger partial charge on any atom is 0.241 e. The molecule has 0 spiro atoms. The highest BCUT2D eigenvalue weighted by atomic mass is 16.2. The molecule has 0 radical (unpaired) electrons. The highest BCUT2D eigenvalue weighted by Gasteiger charge is 2.33. The monoisotopic (exact) mass is 357 g/mol. The van der Waals surface area contributed by atoms with Crippen molar-refractivity contribution in [1.29, 1.82) is 0 Å². The molecule has 4 rings (SSSR count). The number of piperazine rings is 1. The van der Waals surface area contributed by atoms with E-state index in [1.54, 1.807) is 0 Å². The number of aromatic nitrogens is 1. The van der Waals surface area contributed by atoms with E-state index in [4.69, 9.17) is 0 Å². The first-order chi connectivity index (χ1) is 12.8. The van der Waals surface area contributed by atoms with Crippen molar-refractivity contribution in [2.45, 2.75) is 44.3 Å². The molecule has 3 aliphatic rings. The molecule has 4 heterocycles. The van der Waals surface area contributed by atoms with Crippen LogP contribution in [0.4, 0.5) is 0 Å². The van der Waals surface area contributed by atoms with Gasteiger partial charge in [0.15, 0.2) is 0 Å². The van der Waals surface area contributed by atoms with Crippen molar-refractivity contribution in [3.8, 4) is 0 Å². The van der Waals surface area contributed by atoms with Gasteiger partial charge in [0.2, 0.25) is 5.91 Å². The van der Waals surface area contributed by atoms with Crippen molar-refractivity contribution >= 4 is 5.91 Å². The summed E-state index contributed by atoms with van der Waals surface area (Å²) in [5, 5.41) is 3.46. The van der Waals surface area contributed by atoms with Crippen LogP contribution in [0.1, 0.15) is 31.2 Å². The molecule has 1 amide bonds. The van der Waals surface area contributed by atoms with Gasteiger partial charge in [0.25, 0.3) is 0 Å². The first-order valence-corrected chi connectivity index (χ1v) is 10.2. The minimum absolute atomic E-state index is 0.00438. The lowest BCUT2D eigenvalue weighted by Gasteiger charge is -2.42. The molecule has 1 aromatic heterocycles. The zero-order chi connectivity index (χ0) is 17.8. The molecule has 3 aliphatic heterocycles. The van der Waals surface area contributed by atoms with Gasteiger partial charge in [-0.1, -0.05) is 6.07 Å². The zero-order valence-electron chi connectivity index (χ0n) is 15.6. The molecule has 3 fully saturated rings. The summed E-state index contributed by atoms with van der Waals surface area (Å²) in [7, 11) is 0. The quantitative estimate of drug-likeness (QED) is 0.869. The fourth-order valence-corrected chi connectivity index (χ4v) is 4.62. The van der Waals surface area contributed by atoms with E-state index in [0.717, 1.165) is 65.2 Å². The normalized spacial score (nSPS) is 26.3. The van der Waals surface area contributed by atoms with Crippen molar-refractivity contribution < 1.29 is 4.79 Å². The van der Waals surface area contributed by atoms with E-state index in [1.165, 1.54) is 18.4 Å². The molecule has 6 nitrogen and oxygen atoms in total. The van der Waals surface area contributed by atoms with E-state index in [2.05, 4.69) is 31.1 Å². The number of rotatable bonds is 4. The Bertz CT molecular complexity index is 581. The lowest BCUT2D eigenvalue weighted by Crippen LogP contribution is -2.60. The zero-order valence-corrected chi connectivity index (χ0v) is 15.6. The summed E-state index contributed by atoms with van der Waals surface area (Å²) in [6.07, 6.45) is 8.53. The molecular weight excluding hydrogens is 326 g/mol. The number of carbonyl (C=O) groups excluding carboxylic acids is 1. The summed E-state index contributed by atoms with van der Waals surface area (Å²) in [6, 6.07) is 4.79. The summed E-state index contributed by atoms with van der Waals surface area (Å²) in [4.78, 5) is 24.1. The van der Waals surface area contributed by atoms with Gasteiger partial charge in [0.1, 0.15) is 0 Å². The number of carbonyl (C=O) groups is 1. The molecule has 26 heavy (non-hydrogen) atoms. The molecule has 1 aromatic rings. The summed E-state index contributed by atoms with van der Waals surface area (Å²) in [5.74, 6) is 0.321. The predicted molar refractivity (Wildman–Crippen MR) is 102 cm³/mol. The Labute approximate surface area is 156 Å². The Morgan fingerprint density at radius 3 is 2.69 bits per heavy atom. The summed E-state index contributed by atoms with van der Waals surface area (Å²) >= 11 is 0. The summed E-state index contributed by atoms with van der Waals surface area (Å²) in [5.41, 5.74) is 1.30. The Hall–Kier alpha value is -1.50. The second-order valence-electron chi connectivity index (χ2n) is 7.90. The minimum Gasteiger partial charge on any atom is -0.341 e. The average molecular weight is 358 g/mol. The van der Waals surface area contributed by atoms with Crippen molar-refractivity contribution in [1.82, 2.24) is 25.0 Å². The minimum atomic E-state index is -0.00438. The molecule has 1 atom stereocenters. The van der Waals surface area contributed by atoms with Crippen molar-refractivity contribution in [3.05, 3.63) is 30.1 Å². The van der Waals surface area contributed by atoms with Crippen LogP contribution in [0.2, 0.25) is 0 Å². The van der Waals surface area contributed by atoms with E-state index in [-0.39, 0.29) is 6.04 Å². The van der Waals surface area contributed by atoms with Crippen LogP contribution in [0, 0.1) is 0 Å². The first kappa shape index (κ1) is 17.9. The van der Waals surface area contributed by atoms with Gasteiger partial charge in [-0.2, -0.15) is 0 Å². The van der Waals surface area contributed by atoms with Crippen LogP contribution in [0.3, 0.4) is 0 Å². The van der Waals surface area contributed by atoms with Crippen molar-refractivity contribution in [3.63, 3.8) is 0 Å². The number of piperidine rings is 1. The molecule has 0 aliphatic carbocycles. The predicted octanol–water partition coefficient (Wildman–Crippen LogP) is 0.942. The van der Waals surface area contributed by atoms with E-state index < -0.39 is 0 Å². The smallest absolute Gasteiger partial charge is 0.241 e.